The van der Waals surface area contributed by atoms with Crippen LogP contribution in [0.2, 0.25) is 0 Å². The van der Waals surface area contributed by atoms with Crippen molar-refractivity contribution < 1.29 is 9.90 Å². The SMILES string of the molecule is Cc1cc(C=C(C#N)C(=O)NCCCn2ccnc2)cc(C)c1O. The highest BCUT2D eigenvalue weighted by Gasteiger charge is 2.09. The number of nitriles is 1. The summed E-state index contributed by atoms with van der Waals surface area (Å²) in [5.74, 6) is -0.166. The largest absolute Gasteiger partial charge is 0.507 e. The summed E-state index contributed by atoms with van der Waals surface area (Å²) in [7, 11) is 0. The molecule has 1 amide bonds. The van der Waals surface area contributed by atoms with Crippen LogP contribution >= 0.6 is 0 Å². The minimum absolute atomic E-state index is 0.0436. The smallest absolute Gasteiger partial charge is 0.261 e. The lowest BCUT2D eigenvalue weighted by molar-refractivity contribution is -0.117. The number of imidazole rings is 1. The van der Waals surface area contributed by atoms with E-state index in [1.54, 1.807) is 38.5 Å². The summed E-state index contributed by atoms with van der Waals surface area (Å²) in [4.78, 5) is 16.1. The number of carbonyl (C=O) groups excluding carboxylic acids is 1. The average molecular weight is 324 g/mol. The van der Waals surface area contributed by atoms with Crippen LogP contribution in [-0.4, -0.2) is 27.1 Å². The summed E-state index contributed by atoms with van der Waals surface area (Å²) < 4.78 is 1.93. The standard InChI is InChI=1S/C18H20N4O2/c1-13-8-15(9-14(2)17(13)23)10-16(11-19)18(24)21-4-3-6-22-7-5-20-12-22/h5,7-10,12,23H,3-4,6H2,1-2H3,(H,21,24). The minimum atomic E-state index is -0.397. The number of phenols is 1. The van der Waals surface area contributed by atoms with E-state index in [0.717, 1.165) is 13.0 Å². The summed E-state index contributed by atoms with van der Waals surface area (Å²) in [5.41, 5.74) is 2.17. The molecule has 1 aromatic heterocycles. The Labute approximate surface area is 141 Å². The van der Waals surface area contributed by atoms with Crippen LogP contribution in [0, 0.1) is 25.2 Å². The summed E-state index contributed by atoms with van der Waals surface area (Å²) in [5, 5.41) is 21.7. The van der Waals surface area contributed by atoms with Gasteiger partial charge in [-0.1, -0.05) is 0 Å². The van der Waals surface area contributed by atoms with Crippen LogP contribution in [0.25, 0.3) is 6.08 Å². The number of aromatic nitrogens is 2. The van der Waals surface area contributed by atoms with Gasteiger partial charge < -0.3 is 15.0 Å². The Balaban J connectivity index is 1.97. The maximum atomic E-state index is 12.1. The maximum absolute atomic E-state index is 12.1. The van der Waals surface area contributed by atoms with Gasteiger partial charge in [-0.05, 0) is 55.2 Å². The Morgan fingerprint density at radius 3 is 2.71 bits per heavy atom. The van der Waals surface area contributed by atoms with Crippen molar-refractivity contribution in [2.24, 2.45) is 0 Å². The first-order valence-corrected chi connectivity index (χ1v) is 7.67. The zero-order valence-corrected chi connectivity index (χ0v) is 13.8. The lowest BCUT2D eigenvalue weighted by Gasteiger charge is -2.07. The van der Waals surface area contributed by atoms with Gasteiger partial charge in [-0.15, -0.1) is 0 Å². The van der Waals surface area contributed by atoms with Gasteiger partial charge in [-0.3, -0.25) is 4.79 Å². The number of rotatable bonds is 6. The van der Waals surface area contributed by atoms with Crippen LogP contribution in [0.1, 0.15) is 23.1 Å². The number of aromatic hydroxyl groups is 1. The van der Waals surface area contributed by atoms with Crippen molar-refractivity contribution in [1.29, 1.82) is 5.26 Å². The lowest BCUT2D eigenvalue weighted by atomic mass is 10.0. The quantitative estimate of drug-likeness (QED) is 0.485. The molecule has 0 aliphatic carbocycles. The van der Waals surface area contributed by atoms with Gasteiger partial charge in [-0.2, -0.15) is 5.26 Å². The first-order valence-electron chi connectivity index (χ1n) is 7.67. The van der Waals surface area contributed by atoms with Crippen molar-refractivity contribution in [2.75, 3.05) is 6.54 Å². The van der Waals surface area contributed by atoms with E-state index in [0.29, 0.717) is 23.2 Å². The average Bonchev–Trinajstić information content (AvgIpc) is 3.07. The molecule has 24 heavy (non-hydrogen) atoms. The van der Waals surface area contributed by atoms with Gasteiger partial charge in [-0.25, -0.2) is 4.98 Å². The highest BCUT2D eigenvalue weighted by molar-refractivity contribution is 6.01. The molecule has 0 aliphatic heterocycles. The fraction of sp³-hybridized carbons (Fsp3) is 0.278. The molecular formula is C18H20N4O2. The Bertz CT molecular complexity index is 763. The van der Waals surface area contributed by atoms with Crippen LogP contribution in [0.5, 0.6) is 5.75 Å². The van der Waals surface area contributed by atoms with Crippen LogP contribution in [0.4, 0.5) is 0 Å². The molecule has 0 saturated heterocycles. The molecular weight excluding hydrogens is 304 g/mol. The number of phenolic OH excluding ortho intramolecular Hbond substituents is 1. The highest BCUT2D eigenvalue weighted by Crippen LogP contribution is 2.24. The van der Waals surface area contributed by atoms with Crippen molar-refractivity contribution in [3.05, 3.63) is 53.1 Å². The highest BCUT2D eigenvalue weighted by atomic mass is 16.3. The van der Waals surface area contributed by atoms with Crippen molar-refractivity contribution >= 4 is 12.0 Å². The van der Waals surface area contributed by atoms with Crippen LogP contribution < -0.4 is 5.32 Å². The van der Waals surface area contributed by atoms with Gasteiger partial charge in [0.15, 0.2) is 0 Å². The normalized spacial score (nSPS) is 11.1. The Morgan fingerprint density at radius 1 is 1.42 bits per heavy atom. The van der Waals surface area contributed by atoms with E-state index in [1.165, 1.54) is 6.08 Å². The summed E-state index contributed by atoms with van der Waals surface area (Å²) in [6.45, 7) is 4.79. The predicted molar refractivity (Wildman–Crippen MR) is 91.0 cm³/mol. The third-order valence-electron chi connectivity index (χ3n) is 3.63. The molecule has 2 rings (SSSR count). The van der Waals surface area contributed by atoms with E-state index >= 15 is 0 Å². The van der Waals surface area contributed by atoms with E-state index in [1.807, 2.05) is 16.8 Å². The van der Waals surface area contributed by atoms with E-state index in [4.69, 9.17) is 0 Å². The molecule has 0 spiro atoms. The first kappa shape index (κ1) is 17.3. The molecule has 6 nitrogen and oxygen atoms in total. The van der Waals surface area contributed by atoms with E-state index in [-0.39, 0.29) is 11.3 Å². The second-order valence-electron chi connectivity index (χ2n) is 5.58. The molecule has 0 unspecified atom stereocenters. The molecule has 6 heteroatoms. The summed E-state index contributed by atoms with van der Waals surface area (Å²) in [6.07, 6.45) is 7.56. The number of hydrogen-bond acceptors (Lipinski definition) is 4. The van der Waals surface area contributed by atoms with Crippen LogP contribution in [0.3, 0.4) is 0 Å². The van der Waals surface area contributed by atoms with Crippen LogP contribution in [0.15, 0.2) is 36.4 Å². The van der Waals surface area contributed by atoms with Crippen molar-refractivity contribution in [3.63, 3.8) is 0 Å². The number of amides is 1. The lowest BCUT2D eigenvalue weighted by Crippen LogP contribution is -2.26. The topological polar surface area (TPSA) is 90.9 Å². The zero-order valence-electron chi connectivity index (χ0n) is 13.8. The molecule has 1 heterocycles. The van der Waals surface area contributed by atoms with Gasteiger partial charge in [0.25, 0.3) is 5.91 Å². The van der Waals surface area contributed by atoms with Crippen molar-refractivity contribution in [2.45, 2.75) is 26.8 Å². The van der Waals surface area contributed by atoms with E-state index in [2.05, 4.69) is 10.3 Å². The molecule has 0 atom stereocenters. The Morgan fingerprint density at radius 2 is 2.12 bits per heavy atom. The third-order valence-corrected chi connectivity index (χ3v) is 3.63. The van der Waals surface area contributed by atoms with Gasteiger partial charge in [0.1, 0.15) is 17.4 Å². The Hall–Kier alpha value is -3.07. The predicted octanol–water partition coefficient (Wildman–Crippen LogP) is 2.32. The molecule has 0 radical (unpaired) electrons. The fourth-order valence-electron chi connectivity index (χ4n) is 2.37. The number of nitrogens with zero attached hydrogens (tertiary/aromatic N) is 3. The number of carbonyl (C=O) groups is 1. The Kier molecular flexibility index (Phi) is 5.74. The second kappa shape index (κ2) is 7.97. The minimum Gasteiger partial charge on any atom is -0.507 e. The molecule has 124 valence electrons. The van der Waals surface area contributed by atoms with Crippen molar-refractivity contribution in [3.8, 4) is 11.8 Å². The second-order valence-corrected chi connectivity index (χ2v) is 5.58. The van der Waals surface area contributed by atoms with Gasteiger partial charge in [0, 0.05) is 25.5 Å². The number of nitrogens with one attached hydrogen (secondary N) is 1. The van der Waals surface area contributed by atoms with Crippen molar-refractivity contribution in [1.82, 2.24) is 14.9 Å². The van der Waals surface area contributed by atoms with Crippen LogP contribution in [-0.2, 0) is 11.3 Å². The molecule has 0 bridgehead atoms. The first-order chi connectivity index (χ1) is 11.5. The molecule has 1 aromatic carbocycles. The van der Waals surface area contributed by atoms with Gasteiger partial charge in [0.2, 0.25) is 0 Å². The maximum Gasteiger partial charge on any atom is 0.261 e. The fourth-order valence-corrected chi connectivity index (χ4v) is 2.37. The van der Waals surface area contributed by atoms with E-state index < -0.39 is 5.91 Å². The zero-order chi connectivity index (χ0) is 17.5. The summed E-state index contributed by atoms with van der Waals surface area (Å²) in [6, 6.07) is 5.41. The molecule has 0 fully saturated rings. The number of aryl methyl sites for hydroxylation is 3. The number of hydrogen-bond donors (Lipinski definition) is 2. The van der Waals surface area contributed by atoms with E-state index in [9.17, 15) is 15.2 Å². The molecule has 2 N–H and O–H groups in total. The summed E-state index contributed by atoms with van der Waals surface area (Å²) >= 11 is 0. The third kappa shape index (κ3) is 4.46. The molecule has 0 aliphatic rings. The van der Waals surface area contributed by atoms with Gasteiger partial charge in [0.05, 0.1) is 6.33 Å². The number of benzene rings is 1. The van der Waals surface area contributed by atoms with Gasteiger partial charge >= 0.3 is 0 Å². The monoisotopic (exact) mass is 324 g/mol. The molecule has 2 aromatic rings. The molecule has 0 saturated carbocycles.